The first kappa shape index (κ1) is 16.4. The first-order chi connectivity index (χ1) is 11.7. The molecule has 2 N–H and O–H groups in total. The molecule has 0 bridgehead atoms. The van der Waals surface area contributed by atoms with Crippen molar-refractivity contribution in [1.82, 2.24) is 10.6 Å². The van der Waals surface area contributed by atoms with Crippen molar-refractivity contribution in [3.8, 4) is 11.5 Å². The minimum atomic E-state index is -0.331. The topological polar surface area (TPSA) is 72.7 Å². The van der Waals surface area contributed by atoms with Crippen LogP contribution in [0.4, 0.5) is 0 Å². The molecule has 1 aliphatic heterocycles. The molecule has 0 unspecified atom stereocenters. The van der Waals surface area contributed by atoms with E-state index in [9.17, 15) is 4.79 Å². The van der Waals surface area contributed by atoms with Crippen molar-refractivity contribution in [3.63, 3.8) is 0 Å². The van der Waals surface area contributed by atoms with Crippen LogP contribution in [0.2, 0.25) is 0 Å². The molecule has 24 heavy (non-hydrogen) atoms. The summed E-state index contributed by atoms with van der Waals surface area (Å²) in [7, 11) is 0. The van der Waals surface area contributed by atoms with Crippen LogP contribution < -0.4 is 20.1 Å². The monoisotopic (exact) mass is 330 g/mol. The summed E-state index contributed by atoms with van der Waals surface area (Å²) in [4.78, 5) is 12.1. The van der Waals surface area contributed by atoms with E-state index in [1.165, 1.54) is 0 Å². The lowest BCUT2D eigenvalue weighted by Gasteiger charge is -2.16. The van der Waals surface area contributed by atoms with E-state index in [1.807, 2.05) is 31.2 Å². The molecule has 0 saturated heterocycles. The predicted molar refractivity (Wildman–Crippen MR) is 88.9 cm³/mol. The van der Waals surface area contributed by atoms with Gasteiger partial charge in [0.25, 0.3) is 0 Å². The zero-order valence-electron chi connectivity index (χ0n) is 13.7. The van der Waals surface area contributed by atoms with Crippen LogP contribution in [0.5, 0.6) is 11.5 Å². The second kappa shape index (κ2) is 7.88. The summed E-state index contributed by atoms with van der Waals surface area (Å²) in [5.41, 5.74) is 0.986. The van der Waals surface area contributed by atoms with Gasteiger partial charge in [-0.25, -0.2) is 0 Å². The molecule has 0 radical (unpaired) electrons. The number of carbonyl (C=O) groups excluding carboxylic acids is 1. The number of ether oxygens (including phenoxy) is 2. The largest absolute Gasteiger partial charge is 0.490 e. The van der Waals surface area contributed by atoms with E-state index in [1.54, 1.807) is 12.3 Å². The lowest BCUT2D eigenvalue weighted by atomic mass is 10.1. The molecule has 6 heteroatoms. The fourth-order valence-electron chi connectivity index (χ4n) is 2.49. The first-order valence-corrected chi connectivity index (χ1v) is 8.15. The Morgan fingerprint density at radius 1 is 1.17 bits per heavy atom. The molecule has 0 saturated carbocycles. The first-order valence-electron chi connectivity index (χ1n) is 8.15. The summed E-state index contributed by atoms with van der Waals surface area (Å²) in [6.07, 6.45) is 2.46. The quantitative estimate of drug-likeness (QED) is 0.850. The summed E-state index contributed by atoms with van der Waals surface area (Å²) < 4.78 is 16.7. The third-order valence-corrected chi connectivity index (χ3v) is 3.86. The zero-order chi connectivity index (χ0) is 16.8. The van der Waals surface area contributed by atoms with E-state index in [4.69, 9.17) is 13.9 Å². The third kappa shape index (κ3) is 4.08. The fourth-order valence-corrected chi connectivity index (χ4v) is 2.49. The van der Waals surface area contributed by atoms with Gasteiger partial charge in [0.2, 0.25) is 5.91 Å². The summed E-state index contributed by atoms with van der Waals surface area (Å²) >= 11 is 0. The summed E-state index contributed by atoms with van der Waals surface area (Å²) in [5, 5.41) is 6.06. The number of benzene rings is 1. The number of fused-ring (bicyclic) bond motifs is 1. The van der Waals surface area contributed by atoms with Crippen LogP contribution in [-0.2, 0) is 17.9 Å². The predicted octanol–water partition coefficient (Wildman–Crippen LogP) is 2.24. The van der Waals surface area contributed by atoms with Crippen molar-refractivity contribution in [2.75, 3.05) is 13.2 Å². The molecular formula is C18H22N2O4. The van der Waals surface area contributed by atoms with E-state index in [2.05, 4.69) is 10.6 Å². The number of nitrogens with one attached hydrogen (secondary N) is 2. The van der Waals surface area contributed by atoms with Crippen LogP contribution in [0.1, 0.15) is 24.7 Å². The lowest BCUT2D eigenvalue weighted by molar-refractivity contribution is -0.123. The Labute approximate surface area is 141 Å². The van der Waals surface area contributed by atoms with Gasteiger partial charge >= 0.3 is 0 Å². The molecular weight excluding hydrogens is 308 g/mol. The smallest absolute Gasteiger partial charge is 0.237 e. The average molecular weight is 330 g/mol. The number of hydrogen-bond acceptors (Lipinski definition) is 5. The highest BCUT2D eigenvalue weighted by atomic mass is 16.5. The van der Waals surface area contributed by atoms with Crippen LogP contribution in [0.15, 0.2) is 41.0 Å². The lowest BCUT2D eigenvalue weighted by Crippen LogP contribution is -2.41. The van der Waals surface area contributed by atoms with Crippen molar-refractivity contribution in [3.05, 3.63) is 47.9 Å². The molecule has 2 aromatic rings. The minimum absolute atomic E-state index is 0.0782. The number of para-hydroxylation sites is 1. The minimum Gasteiger partial charge on any atom is -0.490 e. The van der Waals surface area contributed by atoms with Crippen molar-refractivity contribution < 1.29 is 18.7 Å². The Kier molecular flexibility index (Phi) is 5.38. The van der Waals surface area contributed by atoms with Crippen LogP contribution in [0.3, 0.4) is 0 Å². The summed E-state index contributed by atoms with van der Waals surface area (Å²) in [6.45, 7) is 4.05. The Hall–Kier alpha value is -2.47. The molecule has 1 aromatic heterocycles. The highest BCUT2D eigenvalue weighted by Gasteiger charge is 2.17. The maximum atomic E-state index is 12.1. The highest BCUT2D eigenvalue weighted by Crippen LogP contribution is 2.33. The normalized spacial score (nSPS) is 14.7. The maximum absolute atomic E-state index is 12.1. The number of amides is 1. The van der Waals surface area contributed by atoms with Crippen LogP contribution in [0, 0.1) is 0 Å². The van der Waals surface area contributed by atoms with Gasteiger partial charge < -0.3 is 24.5 Å². The van der Waals surface area contributed by atoms with E-state index in [0.29, 0.717) is 26.3 Å². The Bertz CT molecular complexity index is 670. The molecule has 1 amide bonds. The average Bonchev–Trinajstić information content (AvgIpc) is 3.00. The van der Waals surface area contributed by atoms with Crippen LogP contribution in [0.25, 0.3) is 0 Å². The van der Waals surface area contributed by atoms with Gasteiger partial charge in [-0.1, -0.05) is 12.1 Å². The Morgan fingerprint density at radius 3 is 2.88 bits per heavy atom. The number of furan rings is 1. The standard InChI is InChI=1S/C18H22N2O4/c1-13(18(21)20-12-15-6-3-8-22-15)19-11-14-5-2-7-16-17(14)24-10-4-9-23-16/h2-3,5-8,13,19H,4,9-12H2,1H3,(H,20,21)/t13-/m1/s1. The zero-order valence-corrected chi connectivity index (χ0v) is 13.7. The second-order valence-electron chi connectivity index (χ2n) is 5.69. The van der Waals surface area contributed by atoms with Crippen molar-refractivity contribution >= 4 is 5.91 Å². The molecule has 3 rings (SSSR count). The molecule has 0 spiro atoms. The third-order valence-electron chi connectivity index (χ3n) is 3.86. The van der Waals surface area contributed by atoms with Crippen molar-refractivity contribution in [2.24, 2.45) is 0 Å². The molecule has 1 atom stereocenters. The van der Waals surface area contributed by atoms with Gasteiger partial charge in [0, 0.05) is 18.5 Å². The van der Waals surface area contributed by atoms with Gasteiger partial charge in [-0.15, -0.1) is 0 Å². The second-order valence-corrected chi connectivity index (χ2v) is 5.69. The SMILES string of the molecule is C[C@@H](NCc1cccc2c1OCCCO2)C(=O)NCc1ccco1. The van der Waals surface area contributed by atoms with E-state index in [-0.39, 0.29) is 11.9 Å². The molecule has 6 nitrogen and oxygen atoms in total. The molecule has 128 valence electrons. The van der Waals surface area contributed by atoms with Crippen LogP contribution >= 0.6 is 0 Å². The molecule has 1 aromatic carbocycles. The van der Waals surface area contributed by atoms with Crippen molar-refractivity contribution in [2.45, 2.75) is 32.5 Å². The van der Waals surface area contributed by atoms with Gasteiger partial charge in [0.15, 0.2) is 11.5 Å². The molecule has 1 aliphatic rings. The molecule has 0 aliphatic carbocycles. The summed E-state index contributed by atoms with van der Waals surface area (Å²) in [6, 6.07) is 9.12. The molecule has 0 fully saturated rings. The Balaban J connectivity index is 1.54. The summed E-state index contributed by atoms with van der Waals surface area (Å²) in [5.74, 6) is 2.19. The Morgan fingerprint density at radius 2 is 2.04 bits per heavy atom. The van der Waals surface area contributed by atoms with Gasteiger partial charge in [0.1, 0.15) is 5.76 Å². The van der Waals surface area contributed by atoms with Crippen molar-refractivity contribution in [1.29, 1.82) is 0 Å². The van der Waals surface area contributed by atoms with E-state index < -0.39 is 0 Å². The maximum Gasteiger partial charge on any atom is 0.237 e. The van der Waals surface area contributed by atoms with Gasteiger partial charge in [-0.05, 0) is 25.1 Å². The highest BCUT2D eigenvalue weighted by molar-refractivity contribution is 5.81. The van der Waals surface area contributed by atoms with Gasteiger partial charge in [0.05, 0.1) is 32.1 Å². The van der Waals surface area contributed by atoms with Crippen LogP contribution in [-0.4, -0.2) is 25.2 Å². The van der Waals surface area contributed by atoms with Gasteiger partial charge in [-0.3, -0.25) is 4.79 Å². The van der Waals surface area contributed by atoms with E-state index >= 15 is 0 Å². The number of carbonyl (C=O) groups is 1. The van der Waals surface area contributed by atoms with Gasteiger partial charge in [-0.2, -0.15) is 0 Å². The molecule has 2 heterocycles. The van der Waals surface area contributed by atoms with E-state index in [0.717, 1.165) is 29.2 Å². The fraction of sp³-hybridized carbons (Fsp3) is 0.389. The number of hydrogen-bond donors (Lipinski definition) is 2. The number of rotatable bonds is 6.